The summed E-state index contributed by atoms with van der Waals surface area (Å²) in [6, 6.07) is 3.33. The number of hydrogen-bond acceptors (Lipinski definition) is 0. The quantitative estimate of drug-likeness (QED) is 0.226. The van der Waals surface area contributed by atoms with Crippen molar-refractivity contribution in [1.29, 1.82) is 0 Å². The third-order valence-electron chi connectivity index (χ3n) is 7.04. The first-order valence-electron chi connectivity index (χ1n) is 10.2. The Morgan fingerprint density at radius 1 is 0.818 bits per heavy atom. The minimum Gasteiger partial charge on any atom is -0.0928 e. The molecule has 0 radical (unpaired) electrons. The van der Waals surface area contributed by atoms with Gasteiger partial charge in [-0.3, -0.25) is 0 Å². The van der Waals surface area contributed by atoms with E-state index < -0.39 is 8.07 Å². The first kappa shape index (κ1) is 19.0. The van der Waals surface area contributed by atoms with Gasteiger partial charge in [-0.2, -0.15) is 0 Å². The van der Waals surface area contributed by atoms with Crippen molar-refractivity contribution in [1.82, 2.24) is 0 Å². The summed E-state index contributed by atoms with van der Waals surface area (Å²) < 4.78 is 0. The molecule has 0 N–H and O–H groups in total. The van der Waals surface area contributed by atoms with Gasteiger partial charge in [0.25, 0.3) is 0 Å². The highest BCUT2D eigenvalue weighted by Gasteiger charge is 2.40. The van der Waals surface area contributed by atoms with E-state index in [0.717, 1.165) is 11.8 Å². The van der Waals surface area contributed by atoms with Crippen LogP contribution in [0.15, 0.2) is 0 Å². The Bertz CT molecular complexity index is 288. The van der Waals surface area contributed by atoms with Crippen LogP contribution < -0.4 is 0 Å². The molecule has 0 unspecified atom stereocenters. The monoisotopic (exact) mass is 386 g/mol. The molecule has 0 aromatic heterocycles. The van der Waals surface area contributed by atoms with Crippen LogP contribution >= 0.6 is 15.9 Å². The van der Waals surface area contributed by atoms with Crippen LogP contribution in [-0.2, 0) is 0 Å². The van der Waals surface area contributed by atoms with Gasteiger partial charge >= 0.3 is 0 Å². The van der Waals surface area contributed by atoms with Crippen molar-refractivity contribution in [3.63, 3.8) is 0 Å². The third kappa shape index (κ3) is 5.65. The summed E-state index contributed by atoms with van der Waals surface area (Å²) in [6.07, 6.45) is 18.2. The van der Waals surface area contributed by atoms with Gasteiger partial charge in [0.15, 0.2) is 0 Å². The Morgan fingerprint density at radius 2 is 1.41 bits per heavy atom. The molecule has 22 heavy (non-hydrogen) atoms. The van der Waals surface area contributed by atoms with Crippen LogP contribution in [0.5, 0.6) is 0 Å². The van der Waals surface area contributed by atoms with Crippen LogP contribution in [0.1, 0.15) is 84.0 Å². The van der Waals surface area contributed by atoms with Crippen molar-refractivity contribution < 1.29 is 0 Å². The lowest BCUT2D eigenvalue weighted by Crippen LogP contribution is -2.41. The molecular formula is C20H39BrSi. The van der Waals surface area contributed by atoms with Crippen molar-refractivity contribution >= 4 is 24.0 Å². The van der Waals surface area contributed by atoms with Gasteiger partial charge in [-0.05, 0) is 30.2 Å². The standard InChI is InChI=1S/C20H39BrSi/c1-3-4-5-7-19-13-16-22(2,17-14-19)20-11-9-18(10-12-20)8-6-15-21/h18-20H,3-17H2,1-2H3/t18?,19-,20?,22-. The molecule has 0 aromatic rings. The molecular weight excluding hydrogens is 348 g/mol. The van der Waals surface area contributed by atoms with Gasteiger partial charge in [0, 0.05) is 5.33 Å². The van der Waals surface area contributed by atoms with Crippen LogP contribution in [-0.4, -0.2) is 13.4 Å². The fraction of sp³-hybridized carbons (Fsp3) is 1.00. The topological polar surface area (TPSA) is 0 Å². The molecule has 2 heteroatoms. The van der Waals surface area contributed by atoms with Crippen LogP contribution in [0.3, 0.4) is 0 Å². The lowest BCUT2D eigenvalue weighted by atomic mass is 9.86. The Hall–Kier alpha value is 0.697. The molecule has 1 heterocycles. The number of alkyl halides is 1. The largest absolute Gasteiger partial charge is 0.0928 e. The lowest BCUT2D eigenvalue weighted by molar-refractivity contribution is 0.327. The maximum Gasteiger partial charge on any atom is 0.0536 e. The summed E-state index contributed by atoms with van der Waals surface area (Å²) >= 11 is 3.59. The zero-order valence-corrected chi connectivity index (χ0v) is 17.8. The van der Waals surface area contributed by atoms with Crippen molar-refractivity contribution in [2.75, 3.05) is 5.33 Å². The molecule has 1 aliphatic carbocycles. The average molecular weight is 388 g/mol. The predicted molar refractivity (Wildman–Crippen MR) is 107 cm³/mol. The van der Waals surface area contributed by atoms with Crippen LogP contribution in [0.4, 0.5) is 0 Å². The Balaban J connectivity index is 1.70. The summed E-state index contributed by atoms with van der Waals surface area (Å²) in [7, 11) is -0.895. The minimum atomic E-state index is -0.895. The first-order valence-corrected chi connectivity index (χ1v) is 14.3. The highest BCUT2D eigenvalue weighted by molar-refractivity contribution is 9.09. The van der Waals surface area contributed by atoms with E-state index in [4.69, 9.17) is 0 Å². The number of rotatable bonds is 8. The predicted octanol–water partition coefficient (Wildman–Crippen LogP) is 7.79. The zero-order valence-electron chi connectivity index (χ0n) is 15.2. The van der Waals surface area contributed by atoms with Crippen LogP contribution in [0.2, 0.25) is 24.2 Å². The number of hydrogen-bond donors (Lipinski definition) is 0. The van der Waals surface area contributed by atoms with Crippen LogP contribution in [0, 0.1) is 11.8 Å². The number of halogens is 1. The molecule has 2 fully saturated rings. The molecule has 1 aliphatic heterocycles. The third-order valence-corrected chi connectivity index (χ3v) is 13.0. The summed E-state index contributed by atoms with van der Waals surface area (Å²) in [4.78, 5) is 0. The van der Waals surface area contributed by atoms with E-state index in [1.165, 1.54) is 49.4 Å². The molecule has 0 atom stereocenters. The van der Waals surface area contributed by atoms with Crippen molar-refractivity contribution in [2.24, 2.45) is 11.8 Å². The fourth-order valence-corrected chi connectivity index (χ4v) is 10.5. The van der Waals surface area contributed by atoms with E-state index in [-0.39, 0.29) is 0 Å². The summed E-state index contributed by atoms with van der Waals surface area (Å²) in [5, 5.41) is 1.21. The summed E-state index contributed by atoms with van der Waals surface area (Å²) in [5.74, 6) is 2.17. The van der Waals surface area contributed by atoms with Gasteiger partial charge in [0.2, 0.25) is 0 Å². The summed E-state index contributed by atoms with van der Waals surface area (Å²) in [5.41, 5.74) is 1.18. The second-order valence-electron chi connectivity index (χ2n) is 8.64. The molecule has 0 bridgehead atoms. The molecule has 2 aliphatic rings. The van der Waals surface area contributed by atoms with Crippen molar-refractivity contribution in [3.8, 4) is 0 Å². The van der Waals surface area contributed by atoms with Gasteiger partial charge in [0.05, 0.1) is 8.07 Å². The zero-order chi connectivity index (χ0) is 15.8. The Labute approximate surface area is 149 Å². The highest BCUT2D eigenvalue weighted by Crippen LogP contribution is 2.48. The molecule has 130 valence electrons. The van der Waals surface area contributed by atoms with E-state index in [9.17, 15) is 0 Å². The van der Waals surface area contributed by atoms with Gasteiger partial charge in [-0.1, -0.05) is 106 Å². The Kier molecular flexibility index (Phi) is 8.53. The van der Waals surface area contributed by atoms with Gasteiger partial charge < -0.3 is 0 Å². The SMILES string of the molecule is CCCCC[C@H]1CC[Si@](C)(C2CCC(CCCBr)CC2)CC1. The molecule has 0 nitrogen and oxygen atoms in total. The smallest absolute Gasteiger partial charge is 0.0536 e. The minimum absolute atomic E-state index is 0.895. The molecule has 0 aromatic carbocycles. The van der Waals surface area contributed by atoms with Crippen LogP contribution in [0.25, 0.3) is 0 Å². The Morgan fingerprint density at radius 3 is 2.00 bits per heavy atom. The first-order chi connectivity index (χ1) is 10.7. The molecule has 2 rings (SSSR count). The normalized spacial score (nSPS) is 36.4. The number of unbranched alkanes of at least 4 members (excludes halogenated alkanes) is 2. The van der Waals surface area contributed by atoms with E-state index >= 15 is 0 Å². The molecule has 0 spiro atoms. The van der Waals surface area contributed by atoms with Gasteiger partial charge in [-0.15, -0.1) is 0 Å². The van der Waals surface area contributed by atoms with E-state index in [0.29, 0.717) is 0 Å². The average Bonchev–Trinajstić information content (AvgIpc) is 2.55. The second kappa shape index (κ2) is 9.86. The van der Waals surface area contributed by atoms with Gasteiger partial charge in [0.1, 0.15) is 0 Å². The molecule has 1 saturated heterocycles. The maximum atomic E-state index is 3.59. The second-order valence-corrected chi connectivity index (χ2v) is 14.6. The van der Waals surface area contributed by atoms with E-state index in [2.05, 4.69) is 29.4 Å². The van der Waals surface area contributed by atoms with E-state index in [1.54, 1.807) is 50.6 Å². The highest BCUT2D eigenvalue weighted by atomic mass is 79.9. The van der Waals surface area contributed by atoms with Gasteiger partial charge in [-0.25, -0.2) is 0 Å². The van der Waals surface area contributed by atoms with Crippen molar-refractivity contribution in [3.05, 3.63) is 0 Å². The van der Waals surface area contributed by atoms with E-state index in [1.807, 2.05) is 0 Å². The lowest BCUT2D eigenvalue weighted by Gasteiger charge is -2.44. The molecule has 0 amide bonds. The summed E-state index contributed by atoms with van der Waals surface area (Å²) in [6.45, 7) is 5.11. The molecule has 1 saturated carbocycles. The fourth-order valence-electron chi connectivity index (χ4n) is 5.23. The maximum absolute atomic E-state index is 3.59. The van der Waals surface area contributed by atoms with Crippen molar-refractivity contribution in [2.45, 2.75) is 108 Å².